The van der Waals surface area contributed by atoms with E-state index in [9.17, 15) is 24.3 Å². The number of ether oxygens (including phenoxy) is 6. The van der Waals surface area contributed by atoms with E-state index in [0.29, 0.717) is 30.1 Å². The van der Waals surface area contributed by atoms with Crippen molar-refractivity contribution in [1.29, 1.82) is 0 Å². The van der Waals surface area contributed by atoms with Crippen LogP contribution in [0.2, 0.25) is 6.32 Å². The van der Waals surface area contributed by atoms with E-state index in [-0.39, 0.29) is 73.6 Å². The van der Waals surface area contributed by atoms with Crippen molar-refractivity contribution in [2.45, 2.75) is 188 Å². The summed E-state index contributed by atoms with van der Waals surface area (Å²) in [5.41, 5.74) is -1.31. The van der Waals surface area contributed by atoms with Crippen LogP contribution in [-0.4, -0.2) is 95.0 Å². The molecule has 0 spiro atoms. The van der Waals surface area contributed by atoms with Gasteiger partial charge in [0.25, 0.3) is 0 Å². The third-order valence-corrected chi connectivity index (χ3v) is 11.6. The molecule has 2 amide bonds. The van der Waals surface area contributed by atoms with Crippen LogP contribution in [0.4, 0.5) is 9.59 Å². The Balaban J connectivity index is 1.30. The Morgan fingerprint density at radius 3 is 2.25 bits per heavy atom. The summed E-state index contributed by atoms with van der Waals surface area (Å²) < 4.78 is 48.0. The van der Waals surface area contributed by atoms with Crippen LogP contribution in [0.25, 0.3) is 0 Å². The van der Waals surface area contributed by atoms with E-state index in [2.05, 4.69) is 26.1 Å². The lowest BCUT2D eigenvalue weighted by atomic mass is 9.73. The minimum Gasteiger partial charge on any atom is -0.486 e. The lowest BCUT2D eigenvalue weighted by molar-refractivity contribution is -0.171. The number of carbonyl (C=O) groups is 4. The number of esters is 1. The van der Waals surface area contributed by atoms with Gasteiger partial charge in [-0.1, -0.05) is 50.2 Å². The van der Waals surface area contributed by atoms with Gasteiger partial charge in [-0.3, -0.25) is 9.59 Å². The maximum absolute atomic E-state index is 13.7. The highest BCUT2D eigenvalue weighted by Gasteiger charge is 2.51. The minimum absolute atomic E-state index is 0.0190. The summed E-state index contributed by atoms with van der Waals surface area (Å²) in [6.45, 7) is 22.9. The molecule has 2 N–H and O–H groups in total. The summed E-state index contributed by atoms with van der Waals surface area (Å²) in [7, 11) is -0.480. The van der Waals surface area contributed by atoms with Gasteiger partial charge >= 0.3 is 25.3 Å². The van der Waals surface area contributed by atoms with Crippen molar-refractivity contribution in [3.63, 3.8) is 0 Å². The fourth-order valence-corrected chi connectivity index (χ4v) is 8.19. The highest BCUT2D eigenvalue weighted by atomic mass is 16.7. The van der Waals surface area contributed by atoms with E-state index in [4.69, 9.17) is 37.7 Å². The van der Waals surface area contributed by atoms with Crippen LogP contribution in [0.5, 0.6) is 11.5 Å². The molecule has 5 rings (SSSR count). The van der Waals surface area contributed by atoms with Gasteiger partial charge < -0.3 is 53.1 Å². The highest BCUT2D eigenvalue weighted by Crippen LogP contribution is 2.46. The molecule has 2 aromatic rings. The molecule has 2 aromatic carbocycles. The zero-order valence-corrected chi connectivity index (χ0v) is 40.7. The summed E-state index contributed by atoms with van der Waals surface area (Å²) in [5.74, 6) is 0.631. The number of aliphatic hydroxyl groups is 1. The van der Waals surface area contributed by atoms with Crippen molar-refractivity contribution in [3.05, 3.63) is 59.2 Å². The standard InChI is InChI=1S/C49H73BN2O13/c1-31(2)34-22-24-49(12)38(26-34)64-50(65-49)25-23-33-18-20-37(41(43(55)61-46(3,4)5)42(33)60-45(57)63-48(9,10)11)59-36-28-52(29-36)39(53)27-35(51-44(56)62-47(6,7)8)19-21-40(54)58-30-32-16-14-13-15-17-32/h13-18,20,31,34-36,38,43,55H,19,21-30H2,1-12H3,(H,51,56)/t34-,35-,38+,43?,49-/m0/s1. The number of fused-ring (bicyclic) bond motifs is 1. The number of hydrogen-bond acceptors (Lipinski definition) is 13. The van der Waals surface area contributed by atoms with Gasteiger partial charge in [-0.15, -0.1) is 0 Å². The average Bonchev–Trinajstić information content (AvgIpc) is 3.50. The first-order valence-corrected chi connectivity index (χ1v) is 23.1. The predicted molar refractivity (Wildman–Crippen MR) is 244 cm³/mol. The number of aryl methyl sites for hydroxylation is 1. The Morgan fingerprint density at radius 1 is 0.938 bits per heavy atom. The smallest absolute Gasteiger partial charge is 0.486 e. The van der Waals surface area contributed by atoms with Crippen molar-refractivity contribution >= 4 is 31.2 Å². The molecule has 65 heavy (non-hydrogen) atoms. The SMILES string of the molecule is CC(C)[C@H]1CC[C@]2(C)OB(CCc3ccc(OC4CN(C(=O)C[C@H](CCC(=O)OCc5ccccc5)NC(=O)OC(C)(C)C)C4)c(C(O)OC(C)(C)C)c3OC(=O)OC(C)(C)C)O[C@@H]2C1. The molecule has 2 aliphatic heterocycles. The maximum atomic E-state index is 13.7. The van der Waals surface area contributed by atoms with Crippen molar-refractivity contribution in [2.24, 2.45) is 11.8 Å². The van der Waals surface area contributed by atoms with E-state index < -0.39 is 60.6 Å². The molecule has 2 heterocycles. The molecule has 0 aromatic heterocycles. The summed E-state index contributed by atoms with van der Waals surface area (Å²) in [4.78, 5) is 54.1. The second-order valence-corrected chi connectivity index (χ2v) is 21.2. The Bertz CT molecular complexity index is 1940. The summed E-state index contributed by atoms with van der Waals surface area (Å²) in [6, 6.07) is 12.1. The number of aliphatic hydroxyl groups excluding tert-OH is 1. The van der Waals surface area contributed by atoms with E-state index in [0.717, 1.165) is 24.8 Å². The normalized spacial score (nSPS) is 21.2. The number of hydrogen-bond donors (Lipinski definition) is 2. The molecule has 3 fully saturated rings. The van der Waals surface area contributed by atoms with Crippen LogP contribution < -0.4 is 14.8 Å². The first-order valence-electron chi connectivity index (χ1n) is 23.1. The number of benzene rings is 2. The van der Waals surface area contributed by atoms with Crippen LogP contribution >= 0.6 is 0 Å². The molecule has 1 unspecified atom stereocenters. The molecule has 5 atom stereocenters. The lowest BCUT2D eigenvalue weighted by Gasteiger charge is -2.40. The Labute approximate surface area is 386 Å². The molecular weight excluding hydrogens is 835 g/mol. The van der Waals surface area contributed by atoms with Crippen LogP contribution in [0.15, 0.2) is 42.5 Å². The molecular formula is C49H73BN2O13. The average molecular weight is 909 g/mol. The molecule has 360 valence electrons. The third-order valence-electron chi connectivity index (χ3n) is 11.6. The zero-order valence-electron chi connectivity index (χ0n) is 40.7. The summed E-state index contributed by atoms with van der Waals surface area (Å²) in [5, 5.41) is 14.5. The number of alkyl carbamates (subject to hydrolysis) is 1. The van der Waals surface area contributed by atoms with Crippen molar-refractivity contribution in [2.75, 3.05) is 13.1 Å². The highest BCUT2D eigenvalue weighted by molar-refractivity contribution is 6.45. The number of amides is 2. The van der Waals surface area contributed by atoms with E-state index >= 15 is 0 Å². The molecule has 1 saturated carbocycles. The second kappa shape index (κ2) is 21.5. The lowest BCUT2D eigenvalue weighted by Crippen LogP contribution is -2.57. The molecule has 0 bridgehead atoms. The van der Waals surface area contributed by atoms with Crippen LogP contribution in [0.3, 0.4) is 0 Å². The molecule has 16 heteroatoms. The summed E-state index contributed by atoms with van der Waals surface area (Å²) in [6.07, 6.45) is -0.0274. The first kappa shape index (κ1) is 51.6. The van der Waals surface area contributed by atoms with E-state index in [1.807, 2.05) is 30.3 Å². The van der Waals surface area contributed by atoms with Crippen LogP contribution in [0.1, 0.15) is 145 Å². The van der Waals surface area contributed by atoms with Gasteiger partial charge in [0.2, 0.25) is 5.91 Å². The first-order chi connectivity index (χ1) is 30.3. The van der Waals surface area contributed by atoms with Gasteiger partial charge in [0.05, 0.1) is 36.0 Å². The second-order valence-electron chi connectivity index (χ2n) is 21.2. The Kier molecular flexibility index (Phi) is 17.1. The van der Waals surface area contributed by atoms with Crippen molar-refractivity contribution < 1.29 is 62.0 Å². The van der Waals surface area contributed by atoms with Gasteiger partial charge in [-0.25, -0.2) is 9.59 Å². The Morgan fingerprint density at radius 2 is 1.62 bits per heavy atom. The molecule has 3 aliphatic rings. The Hall–Kier alpha value is -4.38. The van der Waals surface area contributed by atoms with E-state index in [1.54, 1.807) is 79.3 Å². The van der Waals surface area contributed by atoms with Gasteiger partial charge in [0, 0.05) is 18.9 Å². The molecule has 15 nitrogen and oxygen atoms in total. The zero-order chi connectivity index (χ0) is 47.9. The predicted octanol–water partition coefficient (Wildman–Crippen LogP) is 8.86. The fourth-order valence-electron chi connectivity index (χ4n) is 8.19. The van der Waals surface area contributed by atoms with Crippen molar-refractivity contribution in [1.82, 2.24) is 10.2 Å². The van der Waals surface area contributed by atoms with Gasteiger partial charge in [-0.2, -0.15) is 0 Å². The third kappa shape index (κ3) is 15.9. The molecule has 1 aliphatic carbocycles. The number of likely N-dealkylation sites (tertiary alicyclic amines) is 1. The van der Waals surface area contributed by atoms with Gasteiger partial charge in [0.15, 0.2) is 6.29 Å². The number of nitrogens with one attached hydrogen (secondary N) is 1. The van der Waals surface area contributed by atoms with Crippen LogP contribution in [-0.2, 0) is 50.9 Å². The number of rotatable bonds is 17. The summed E-state index contributed by atoms with van der Waals surface area (Å²) >= 11 is 0. The topological polar surface area (TPSA) is 178 Å². The van der Waals surface area contributed by atoms with Gasteiger partial charge in [-0.05, 0) is 137 Å². The number of carbonyl (C=O) groups excluding carboxylic acids is 4. The fraction of sp³-hybridized carbons (Fsp3) is 0.673. The molecule has 0 radical (unpaired) electrons. The minimum atomic E-state index is -1.59. The maximum Gasteiger partial charge on any atom is 0.514 e. The quantitative estimate of drug-likeness (QED) is 0.0506. The number of nitrogens with zero attached hydrogens (tertiary/aromatic N) is 1. The molecule has 2 saturated heterocycles. The van der Waals surface area contributed by atoms with E-state index in [1.165, 1.54) is 0 Å². The van der Waals surface area contributed by atoms with Gasteiger partial charge in [0.1, 0.15) is 35.4 Å². The largest absolute Gasteiger partial charge is 0.514 e. The monoisotopic (exact) mass is 909 g/mol. The van der Waals surface area contributed by atoms with Crippen molar-refractivity contribution in [3.8, 4) is 11.5 Å². The van der Waals surface area contributed by atoms with Crippen LogP contribution in [0, 0.1) is 11.8 Å².